The Morgan fingerprint density at radius 3 is 2.89 bits per heavy atom. The molecule has 0 fully saturated rings. The van der Waals surface area contributed by atoms with E-state index in [9.17, 15) is 9.59 Å². The second-order valence-corrected chi connectivity index (χ2v) is 3.55. The van der Waals surface area contributed by atoms with Crippen molar-refractivity contribution < 1.29 is 47.0 Å². The molecule has 0 aliphatic heterocycles. The fraction of sp³-hybridized carbons (Fsp3) is 0.167. The molecule has 0 atom stereocenters. The van der Waals surface area contributed by atoms with Crippen molar-refractivity contribution in [1.82, 2.24) is 9.61 Å². The first-order valence-electron chi connectivity index (χ1n) is 5.40. The molecule has 0 saturated carbocycles. The number of nitrogens with zero attached hydrogens (tertiary/aromatic N) is 2. The van der Waals surface area contributed by atoms with E-state index >= 15 is 0 Å². The molecule has 2 aromatic rings. The van der Waals surface area contributed by atoms with Crippen LogP contribution in [0.4, 0.5) is 5.69 Å². The van der Waals surface area contributed by atoms with Crippen LogP contribution in [0.5, 0.6) is 0 Å². The molecule has 0 aliphatic rings. The summed E-state index contributed by atoms with van der Waals surface area (Å²) in [4.78, 5) is 22.5. The third-order valence-electron chi connectivity index (χ3n) is 2.26. The number of esters is 1. The van der Waals surface area contributed by atoms with Crippen LogP contribution in [0.25, 0.3) is 5.52 Å². The van der Waals surface area contributed by atoms with Crippen LogP contribution in [0.1, 0.15) is 17.4 Å². The first kappa shape index (κ1) is 15.7. The van der Waals surface area contributed by atoms with Crippen molar-refractivity contribution in [3.05, 3.63) is 37.0 Å². The van der Waals surface area contributed by atoms with Gasteiger partial charge in [-0.3, -0.25) is 0 Å². The SMILES string of the molecule is [CH2-]C(=O)Nc1cccn2nc(C(=O)OCC)cc12.[Y]. The van der Waals surface area contributed by atoms with Crippen molar-refractivity contribution in [1.29, 1.82) is 0 Å². The first-order chi connectivity index (χ1) is 8.61. The third kappa shape index (κ3) is 3.55. The maximum absolute atomic E-state index is 11.6. The van der Waals surface area contributed by atoms with Gasteiger partial charge in [-0.25, -0.2) is 9.31 Å². The van der Waals surface area contributed by atoms with Crippen LogP contribution in [-0.4, -0.2) is 28.1 Å². The van der Waals surface area contributed by atoms with Gasteiger partial charge in [0.25, 0.3) is 0 Å². The Kier molecular flexibility index (Phi) is 5.50. The number of carbonyl (C=O) groups excluding carboxylic acids is 2. The van der Waals surface area contributed by atoms with Gasteiger partial charge in [0, 0.05) is 45.0 Å². The zero-order valence-corrected chi connectivity index (χ0v) is 13.3. The molecule has 2 rings (SSSR count). The summed E-state index contributed by atoms with van der Waals surface area (Å²) in [6.45, 7) is 5.25. The minimum Gasteiger partial charge on any atom is -0.461 e. The minimum absolute atomic E-state index is 0. The van der Waals surface area contributed by atoms with Crippen LogP contribution >= 0.6 is 0 Å². The van der Waals surface area contributed by atoms with E-state index in [1.165, 1.54) is 4.52 Å². The van der Waals surface area contributed by atoms with Crippen LogP contribution in [0.15, 0.2) is 24.4 Å². The van der Waals surface area contributed by atoms with Crippen molar-refractivity contribution in [2.24, 2.45) is 0 Å². The van der Waals surface area contributed by atoms with Crippen LogP contribution in [0.2, 0.25) is 0 Å². The molecule has 19 heavy (non-hydrogen) atoms. The second-order valence-electron chi connectivity index (χ2n) is 3.55. The zero-order valence-electron chi connectivity index (χ0n) is 10.4. The van der Waals surface area contributed by atoms with Gasteiger partial charge in [-0.1, -0.05) is 0 Å². The fourth-order valence-electron chi connectivity index (χ4n) is 1.58. The molecular formula is C12H12N3O3Y-. The standard InChI is InChI=1S/C12H12N3O3.Y/c1-3-18-12(17)10-7-11-9(13-8(2)16)5-4-6-15(11)14-10;/h4-7H,2-3H2,1H3,(H,13,16);/q-1;. The molecule has 1 N–H and O–H groups in total. The Labute approximate surface area is 135 Å². The quantitative estimate of drug-likeness (QED) is 0.678. The van der Waals surface area contributed by atoms with Gasteiger partial charge < -0.3 is 21.8 Å². The zero-order chi connectivity index (χ0) is 13.1. The molecule has 0 spiro atoms. The molecule has 1 radical (unpaired) electrons. The molecule has 0 aliphatic carbocycles. The largest absolute Gasteiger partial charge is 0.461 e. The number of hydrogen-bond donors (Lipinski definition) is 1. The Hall–Kier alpha value is -1.40. The normalized spacial score (nSPS) is 9.74. The van der Waals surface area contributed by atoms with Crippen LogP contribution in [0, 0.1) is 6.92 Å². The maximum atomic E-state index is 11.6. The van der Waals surface area contributed by atoms with E-state index < -0.39 is 11.9 Å². The number of fused-ring (bicyclic) bond motifs is 1. The molecule has 2 heterocycles. The van der Waals surface area contributed by atoms with Gasteiger partial charge in [-0.15, -0.1) is 0 Å². The summed E-state index contributed by atoms with van der Waals surface area (Å²) in [5, 5.41) is 6.64. The molecule has 7 heteroatoms. The van der Waals surface area contributed by atoms with Gasteiger partial charge in [-0.05, 0) is 19.1 Å². The van der Waals surface area contributed by atoms with Crippen molar-refractivity contribution >= 4 is 23.1 Å². The van der Waals surface area contributed by atoms with Crippen molar-refractivity contribution in [2.45, 2.75) is 6.92 Å². The van der Waals surface area contributed by atoms with Crippen molar-refractivity contribution in [2.75, 3.05) is 11.9 Å². The number of hydrogen-bond acceptors (Lipinski definition) is 4. The summed E-state index contributed by atoms with van der Waals surface area (Å²) in [5.41, 5.74) is 1.35. The van der Waals surface area contributed by atoms with Crippen LogP contribution < -0.4 is 5.32 Å². The Bertz CT molecular complexity index is 609. The number of aromatic nitrogens is 2. The Morgan fingerprint density at radius 1 is 1.53 bits per heavy atom. The molecule has 0 bridgehead atoms. The average Bonchev–Trinajstić information content (AvgIpc) is 2.73. The number of nitrogens with one attached hydrogen (secondary N) is 1. The van der Waals surface area contributed by atoms with E-state index in [0.29, 0.717) is 11.2 Å². The number of anilines is 1. The maximum Gasteiger partial charge on any atom is 0.358 e. The molecule has 0 saturated heterocycles. The smallest absolute Gasteiger partial charge is 0.358 e. The molecule has 2 aromatic heterocycles. The van der Waals surface area contributed by atoms with E-state index in [2.05, 4.69) is 17.3 Å². The average molecular weight is 335 g/mol. The predicted molar refractivity (Wildman–Crippen MR) is 65.1 cm³/mol. The van der Waals surface area contributed by atoms with E-state index in [0.717, 1.165) is 0 Å². The number of rotatable bonds is 3. The monoisotopic (exact) mass is 335 g/mol. The fourth-order valence-corrected chi connectivity index (χ4v) is 1.58. The van der Waals surface area contributed by atoms with Gasteiger partial charge in [0.15, 0.2) is 5.69 Å². The van der Waals surface area contributed by atoms with E-state index in [1.807, 2.05) is 0 Å². The number of carbonyl (C=O) groups is 2. The van der Waals surface area contributed by atoms with Gasteiger partial charge in [0.1, 0.15) is 0 Å². The van der Waals surface area contributed by atoms with E-state index in [-0.39, 0.29) is 45.0 Å². The van der Waals surface area contributed by atoms with E-state index in [4.69, 9.17) is 4.74 Å². The number of ether oxygens (including phenoxy) is 1. The minimum atomic E-state index is -0.492. The van der Waals surface area contributed by atoms with E-state index in [1.54, 1.807) is 31.3 Å². The summed E-state index contributed by atoms with van der Waals surface area (Å²) >= 11 is 0. The first-order valence-corrected chi connectivity index (χ1v) is 5.40. The van der Waals surface area contributed by atoms with Crippen molar-refractivity contribution in [3.63, 3.8) is 0 Å². The summed E-state index contributed by atoms with van der Waals surface area (Å²) in [6.07, 6.45) is 1.68. The molecule has 6 nitrogen and oxygen atoms in total. The summed E-state index contributed by atoms with van der Waals surface area (Å²) < 4.78 is 6.36. The third-order valence-corrected chi connectivity index (χ3v) is 2.26. The van der Waals surface area contributed by atoms with Gasteiger partial charge in [-0.2, -0.15) is 5.10 Å². The van der Waals surface area contributed by atoms with Crippen LogP contribution in [0.3, 0.4) is 0 Å². The number of amides is 1. The molecule has 0 aromatic carbocycles. The van der Waals surface area contributed by atoms with Gasteiger partial charge >= 0.3 is 5.97 Å². The summed E-state index contributed by atoms with van der Waals surface area (Å²) in [5.74, 6) is -0.921. The van der Waals surface area contributed by atoms with Crippen LogP contribution in [-0.2, 0) is 42.2 Å². The topological polar surface area (TPSA) is 72.7 Å². The summed E-state index contributed by atoms with van der Waals surface area (Å²) in [6, 6.07) is 4.97. The Balaban J connectivity index is 0.00000180. The molecular weight excluding hydrogens is 323 g/mol. The predicted octanol–water partition coefficient (Wildman–Crippen LogP) is 1.28. The second kappa shape index (κ2) is 6.68. The molecule has 97 valence electrons. The molecule has 0 unspecified atom stereocenters. The molecule has 1 amide bonds. The number of pyridine rings is 1. The Morgan fingerprint density at radius 2 is 2.26 bits per heavy atom. The van der Waals surface area contributed by atoms with Gasteiger partial charge in [0.05, 0.1) is 23.7 Å². The van der Waals surface area contributed by atoms with Gasteiger partial charge in [0.2, 0.25) is 0 Å². The van der Waals surface area contributed by atoms with Crippen molar-refractivity contribution in [3.8, 4) is 0 Å². The summed E-state index contributed by atoms with van der Waals surface area (Å²) in [7, 11) is 0.